The van der Waals surface area contributed by atoms with Crippen molar-refractivity contribution in [2.75, 3.05) is 14.2 Å². The van der Waals surface area contributed by atoms with Crippen LogP contribution >= 0.6 is 0 Å². The SMILES string of the molecule is COc1cc(C(=O)N[C@@H](Cc2ccccc2)C(=O)O)cc(OC)c1C. The van der Waals surface area contributed by atoms with Gasteiger partial charge in [-0.25, -0.2) is 4.79 Å². The minimum atomic E-state index is -1.09. The van der Waals surface area contributed by atoms with Gasteiger partial charge in [-0.1, -0.05) is 30.3 Å². The lowest BCUT2D eigenvalue weighted by Crippen LogP contribution is -2.42. The molecule has 0 unspecified atom stereocenters. The van der Waals surface area contributed by atoms with Crippen LogP contribution in [0.25, 0.3) is 0 Å². The van der Waals surface area contributed by atoms with Crippen molar-refractivity contribution < 1.29 is 24.2 Å². The number of amides is 1. The number of carboxylic acids is 1. The van der Waals surface area contributed by atoms with Crippen LogP contribution in [-0.4, -0.2) is 37.2 Å². The van der Waals surface area contributed by atoms with Crippen molar-refractivity contribution in [3.05, 3.63) is 59.2 Å². The summed E-state index contributed by atoms with van der Waals surface area (Å²) in [6.07, 6.45) is 0.196. The predicted molar refractivity (Wildman–Crippen MR) is 93.3 cm³/mol. The van der Waals surface area contributed by atoms with Crippen LogP contribution in [0.5, 0.6) is 11.5 Å². The van der Waals surface area contributed by atoms with E-state index in [1.54, 1.807) is 12.1 Å². The predicted octanol–water partition coefficient (Wildman–Crippen LogP) is 2.44. The Hall–Kier alpha value is -3.02. The van der Waals surface area contributed by atoms with E-state index < -0.39 is 17.9 Å². The second kappa shape index (κ2) is 8.19. The molecule has 0 aliphatic heterocycles. The van der Waals surface area contributed by atoms with Crippen molar-refractivity contribution in [1.82, 2.24) is 5.32 Å². The van der Waals surface area contributed by atoms with Crippen molar-refractivity contribution in [2.45, 2.75) is 19.4 Å². The number of rotatable bonds is 7. The third-order valence-electron chi connectivity index (χ3n) is 3.90. The number of carbonyl (C=O) groups is 2. The number of benzene rings is 2. The van der Waals surface area contributed by atoms with Crippen LogP contribution in [0.2, 0.25) is 0 Å². The second-order valence-electron chi connectivity index (χ2n) is 5.56. The third-order valence-corrected chi connectivity index (χ3v) is 3.90. The molecule has 6 nitrogen and oxygen atoms in total. The number of hydrogen-bond donors (Lipinski definition) is 2. The van der Waals surface area contributed by atoms with Gasteiger partial charge < -0.3 is 19.9 Å². The second-order valence-corrected chi connectivity index (χ2v) is 5.56. The van der Waals surface area contributed by atoms with E-state index in [9.17, 15) is 14.7 Å². The van der Waals surface area contributed by atoms with Gasteiger partial charge in [0.2, 0.25) is 0 Å². The van der Waals surface area contributed by atoms with Crippen LogP contribution in [0, 0.1) is 6.92 Å². The molecule has 0 aliphatic rings. The highest BCUT2D eigenvalue weighted by Gasteiger charge is 2.22. The molecule has 132 valence electrons. The molecular formula is C19H21NO5. The van der Waals surface area contributed by atoms with E-state index in [1.165, 1.54) is 14.2 Å². The Balaban J connectivity index is 2.22. The first-order valence-corrected chi connectivity index (χ1v) is 7.76. The van der Waals surface area contributed by atoms with Gasteiger partial charge in [-0.15, -0.1) is 0 Å². The van der Waals surface area contributed by atoms with Gasteiger partial charge in [0.1, 0.15) is 17.5 Å². The molecule has 2 N–H and O–H groups in total. The number of ether oxygens (including phenoxy) is 2. The zero-order valence-corrected chi connectivity index (χ0v) is 14.4. The minimum Gasteiger partial charge on any atom is -0.496 e. The van der Waals surface area contributed by atoms with Gasteiger partial charge >= 0.3 is 5.97 Å². The molecule has 2 aromatic rings. The van der Waals surface area contributed by atoms with E-state index >= 15 is 0 Å². The molecule has 0 aliphatic carbocycles. The molecule has 6 heteroatoms. The lowest BCUT2D eigenvalue weighted by atomic mass is 10.0. The molecular weight excluding hydrogens is 322 g/mol. The summed E-state index contributed by atoms with van der Waals surface area (Å²) in [6.45, 7) is 1.81. The van der Waals surface area contributed by atoms with Crippen molar-refractivity contribution in [2.24, 2.45) is 0 Å². The topological polar surface area (TPSA) is 84.9 Å². The molecule has 25 heavy (non-hydrogen) atoms. The molecule has 1 amide bonds. The summed E-state index contributed by atoms with van der Waals surface area (Å²) < 4.78 is 10.5. The van der Waals surface area contributed by atoms with E-state index in [4.69, 9.17) is 9.47 Å². The zero-order valence-electron chi connectivity index (χ0n) is 14.4. The maximum absolute atomic E-state index is 12.5. The molecule has 2 rings (SSSR count). The highest BCUT2D eigenvalue weighted by atomic mass is 16.5. The molecule has 0 radical (unpaired) electrons. The van der Waals surface area contributed by atoms with Crippen molar-refractivity contribution >= 4 is 11.9 Å². The Morgan fingerprint density at radius 1 is 1.08 bits per heavy atom. The molecule has 0 aromatic heterocycles. The van der Waals surface area contributed by atoms with Crippen LogP contribution in [0.3, 0.4) is 0 Å². The van der Waals surface area contributed by atoms with Crippen molar-refractivity contribution in [1.29, 1.82) is 0 Å². The average molecular weight is 343 g/mol. The first-order valence-electron chi connectivity index (χ1n) is 7.76. The van der Waals surface area contributed by atoms with E-state index in [-0.39, 0.29) is 12.0 Å². The van der Waals surface area contributed by atoms with Gasteiger partial charge in [-0.2, -0.15) is 0 Å². The number of hydrogen-bond acceptors (Lipinski definition) is 4. The highest BCUT2D eigenvalue weighted by Crippen LogP contribution is 2.29. The lowest BCUT2D eigenvalue weighted by molar-refractivity contribution is -0.139. The average Bonchev–Trinajstić information content (AvgIpc) is 2.62. The number of carbonyl (C=O) groups excluding carboxylic acids is 1. The fourth-order valence-corrected chi connectivity index (χ4v) is 2.51. The smallest absolute Gasteiger partial charge is 0.326 e. The van der Waals surface area contributed by atoms with Gasteiger partial charge in [0.25, 0.3) is 5.91 Å². The first kappa shape index (κ1) is 18.3. The van der Waals surface area contributed by atoms with E-state index in [0.29, 0.717) is 11.5 Å². The number of carboxylic acid groups (broad SMARTS) is 1. The Morgan fingerprint density at radius 2 is 1.64 bits per heavy atom. The van der Waals surface area contributed by atoms with Gasteiger partial charge in [-0.3, -0.25) is 4.79 Å². The van der Waals surface area contributed by atoms with Gasteiger partial charge in [0.15, 0.2) is 0 Å². The molecule has 0 fully saturated rings. The molecule has 0 spiro atoms. The monoisotopic (exact) mass is 343 g/mol. The van der Waals surface area contributed by atoms with Gasteiger partial charge in [0, 0.05) is 17.5 Å². The highest BCUT2D eigenvalue weighted by molar-refractivity contribution is 5.97. The van der Waals surface area contributed by atoms with Gasteiger partial charge in [-0.05, 0) is 24.6 Å². The Kier molecular flexibility index (Phi) is 6.00. The molecule has 0 heterocycles. The molecule has 1 atom stereocenters. The summed E-state index contributed by atoms with van der Waals surface area (Å²) in [4.78, 5) is 24.0. The summed E-state index contributed by atoms with van der Waals surface area (Å²) in [5, 5.41) is 12.0. The lowest BCUT2D eigenvalue weighted by Gasteiger charge is -2.16. The van der Waals surface area contributed by atoms with E-state index in [0.717, 1.165) is 11.1 Å². The maximum atomic E-state index is 12.5. The fraction of sp³-hybridized carbons (Fsp3) is 0.263. The maximum Gasteiger partial charge on any atom is 0.326 e. The third kappa shape index (κ3) is 4.50. The summed E-state index contributed by atoms with van der Waals surface area (Å²) in [6, 6.07) is 11.2. The Labute approximate surface area is 146 Å². The number of nitrogens with one attached hydrogen (secondary N) is 1. The number of methoxy groups -OCH3 is 2. The fourth-order valence-electron chi connectivity index (χ4n) is 2.51. The quantitative estimate of drug-likeness (QED) is 0.806. The normalized spacial score (nSPS) is 11.5. The molecule has 0 bridgehead atoms. The summed E-state index contributed by atoms with van der Waals surface area (Å²) in [5.74, 6) is -0.595. The molecule has 0 saturated carbocycles. The Bertz CT molecular complexity index is 733. The number of aliphatic carboxylic acids is 1. The van der Waals surface area contributed by atoms with Crippen LogP contribution in [0.15, 0.2) is 42.5 Å². The summed E-state index contributed by atoms with van der Waals surface area (Å²) in [5.41, 5.74) is 1.87. The van der Waals surface area contributed by atoms with Crippen molar-refractivity contribution in [3.8, 4) is 11.5 Å². The van der Waals surface area contributed by atoms with E-state index in [1.807, 2.05) is 37.3 Å². The minimum absolute atomic E-state index is 0.196. The Morgan fingerprint density at radius 3 is 2.12 bits per heavy atom. The van der Waals surface area contributed by atoms with Gasteiger partial charge in [0.05, 0.1) is 14.2 Å². The van der Waals surface area contributed by atoms with Crippen LogP contribution in [0.1, 0.15) is 21.5 Å². The molecule has 2 aromatic carbocycles. The summed E-state index contributed by atoms with van der Waals surface area (Å²) in [7, 11) is 3.00. The van der Waals surface area contributed by atoms with Crippen molar-refractivity contribution in [3.63, 3.8) is 0 Å². The zero-order chi connectivity index (χ0) is 18.4. The molecule has 0 saturated heterocycles. The summed E-state index contributed by atoms with van der Waals surface area (Å²) >= 11 is 0. The van der Waals surface area contributed by atoms with Crippen LogP contribution in [-0.2, 0) is 11.2 Å². The standard InChI is InChI=1S/C19H21NO5/c1-12-16(24-2)10-14(11-17(12)25-3)18(21)20-15(19(22)23)9-13-7-5-4-6-8-13/h4-8,10-11,15H,9H2,1-3H3,(H,20,21)(H,22,23)/t15-/m0/s1. The first-order chi connectivity index (χ1) is 12.0. The van der Waals surface area contributed by atoms with Crippen LogP contribution in [0.4, 0.5) is 0 Å². The largest absolute Gasteiger partial charge is 0.496 e. The van der Waals surface area contributed by atoms with Crippen LogP contribution < -0.4 is 14.8 Å². The van der Waals surface area contributed by atoms with E-state index in [2.05, 4.69) is 5.32 Å².